The first-order valence-corrected chi connectivity index (χ1v) is 8.20. The second-order valence-electron chi connectivity index (χ2n) is 5.92. The molecule has 1 saturated heterocycles. The van der Waals surface area contributed by atoms with Crippen LogP contribution in [0.25, 0.3) is 5.69 Å². The molecular formula is C17H16FN7O. The predicted molar refractivity (Wildman–Crippen MR) is 91.5 cm³/mol. The summed E-state index contributed by atoms with van der Waals surface area (Å²) in [5.41, 5.74) is 0.687. The molecule has 9 heteroatoms. The summed E-state index contributed by atoms with van der Waals surface area (Å²) in [5, 5.41) is 10.8. The standard InChI is InChI=1S/C17H16FN7O/c18-14-9-13(10-15(11-14)25-12-20-21-22-25)17(26)24-7-5-23(6-8-24)16-3-1-2-4-19-16/h1-4,9-12H,5-8H2. The number of amides is 1. The maximum Gasteiger partial charge on any atom is 0.254 e. The van der Waals surface area contributed by atoms with Gasteiger partial charge < -0.3 is 9.80 Å². The Morgan fingerprint density at radius 1 is 1.08 bits per heavy atom. The molecule has 1 amide bonds. The van der Waals surface area contributed by atoms with E-state index in [9.17, 15) is 9.18 Å². The number of halogens is 1. The van der Waals surface area contributed by atoms with E-state index in [4.69, 9.17) is 0 Å². The van der Waals surface area contributed by atoms with Crippen LogP contribution in [0.5, 0.6) is 0 Å². The molecule has 0 saturated carbocycles. The smallest absolute Gasteiger partial charge is 0.254 e. The van der Waals surface area contributed by atoms with Gasteiger partial charge in [-0.1, -0.05) is 6.07 Å². The van der Waals surface area contributed by atoms with Crippen LogP contribution in [0, 0.1) is 5.82 Å². The highest BCUT2D eigenvalue weighted by Crippen LogP contribution is 2.17. The fourth-order valence-electron chi connectivity index (χ4n) is 2.97. The molecule has 0 N–H and O–H groups in total. The fraction of sp³-hybridized carbons (Fsp3) is 0.235. The van der Waals surface area contributed by atoms with Crippen molar-refractivity contribution in [2.75, 3.05) is 31.1 Å². The summed E-state index contributed by atoms with van der Waals surface area (Å²) < 4.78 is 15.3. The topological polar surface area (TPSA) is 80.0 Å². The molecule has 132 valence electrons. The molecule has 0 aliphatic carbocycles. The predicted octanol–water partition coefficient (Wildman–Crippen LogP) is 1.16. The van der Waals surface area contributed by atoms with Gasteiger partial charge >= 0.3 is 0 Å². The summed E-state index contributed by atoms with van der Waals surface area (Å²) in [6.07, 6.45) is 3.11. The molecule has 26 heavy (non-hydrogen) atoms. The van der Waals surface area contributed by atoms with Crippen LogP contribution in [0.4, 0.5) is 10.2 Å². The van der Waals surface area contributed by atoms with Gasteiger partial charge in [0.1, 0.15) is 18.0 Å². The third-order valence-electron chi connectivity index (χ3n) is 4.28. The number of aromatic nitrogens is 5. The van der Waals surface area contributed by atoms with Crippen molar-refractivity contribution in [1.82, 2.24) is 30.1 Å². The van der Waals surface area contributed by atoms with Gasteiger partial charge in [0, 0.05) is 37.9 Å². The molecule has 1 aliphatic heterocycles. The lowest BCUT2D eigenvalue weighted by Gasteiger charge is -2.35. The Hall–Kier alpha value is -3.36. The van der Waals surface area contributed by atoms with E-state index in [-0.39, 0.29) is 11.5 Å². The van der Waals surface area contributed by atoms with Crippen LogP contribution in [0.1, 0.15) is 10.4 Å². The van der Waals surface area contributed by atoms with E-state index < -0.39 is 5.82 Å². The molecule has 0 radical (unpaired) electrons. The van der Waals surface area contributed by atoms with Crippen molar-refractivity contribution in [2.24, 2.45) is 0 Å². The van der Waals surface area contributed by atoms with E-state index in [2.05, 4.69) is 25.4 Å². The van der Waals surface area contributed by atoms with Gasteiger partial charge in [-0.3, -0.25) is 4.79 Å². The Morgan fingerprint density at radius 2 is 1.92 bits per heavy atom. The number of hydrogen-bond acceptors (Lipinski definition) is 6. The van der Waals surface area contributed by atoms with Crippen LogP contribution in [0.2, 0.25) is 0 Å². The minimum absolute atomic E-state index is 0.209. The maximum atomic E-state index is 14.0. The van der Waals surface area contributed by atoms with Crippen molar-refractivity contribution < 1.29 is 9.18 Å². The first kappa shape index (κ1) is 16.1. The zero-order chi connectivity index (χ0) is 17.9. The summed E-state index contributed by atoms with van der Waals surface area (Å²) in [7, 11) is 0. The monoisotopic (exact) mass is 353 g/mol. The van der Waals surface area contributed by atoms with E-state index >= 15 is 0 Å². The Bertz CT molecular complexity index is 893. The van der Waals surface area contributed by atoms with Gasteiger partial charge in [0.05, 0.1) is 5.69 Å². The second kappa shape index (κ2) is 6.87. The van der Waals surface area contributed by atoms with Crippen molar-refractivity contribution in [3.05, 3.63) is 60.3 Å². The molecule has 0 bridgehead atoms. The summed E-state index contributed by atoms with van der Waals surface area (Å²) in [4.78, 5) is 21.0. The van der Waals surface area contributed by atoms with E-state index in [1.807, 2.05) is 18.2 Å². The van der Waals surface area contributed by atoms with Gasteiger partial charge in [-0.2, -0.15) is 0 Å². The number of hydrogen-bond donors (Lipinski definition) is 0. The Kier molecular flexibility index (Phi) is 4.26. The minimum atomic E-state index is -0.506. The van der Waals surface area contributed by atoms with Crippen molar-refractivity contribution in [1.29, 1.82) is 0 Å². The highest BCUT2D eigenvalue weighted by atomic mass is 19.1. The third kappa shape index (κ3) is 3.23. The van der Waals surface area contributed by atoms with Crippen LogP contribution in [-0.2, 0) is 0 Å². The van der Waals surface area contributed by atoms with Gasteiger partial charge in [-0.15, -0.1) is 5.10 Å². The first-order chi connectivity index (χ1) is 12.7. The van der Waals surface area contributed by atoms with Crippen molar-refractivity contribution in [3.8, 4) is 5.69 Å². The summed E-state index contributed by atoms with van der Waals surface area (Å²) in [5.74, 6) is 0.180. The number of carbonyl (C=O) groups excluding carboxylic acids is 1. The molecule has 3 aromatic rings. The number of carbonyl (C=O) groups is 1. The zero-order valence-corrected chi connectivity index (χ0v) is 13.9. The van der Waals surface area contributed by atoms with E-state index in [1.165, 1.54) is 23.1 Å². The number of benzene rings is 1. The van der Waals surface area contributed by atoms with Crippen LogP contribution in [-0.4, -0.2) is 62.2 Å². The molecule has 1 aromatic carbocycles. The Balaban J connectivity index is 1.49. The van der Waals surface area contributed by atoms with Crippen molar-refractivity contribution in [2.45, 2.75) is 0 Å². The van der Waals surface area contributed by atoms with Gasteiger partial charge in [-0.25, -0.2) is 14.1 Å². The lowest BCUT2D eigenvalue weighted by Crippen LogP contribution is -2.49. The number of anilines is 1. The molecular weight excluding hydrogens is 337 g/mol. The molecule has 0 unspecified atom stereocenters. The second-order valence-corrected chi connectivity index (χ2v) is 5.92. The highest BCUT2D eigenvalue weighted by molar-refractivity contribution is 5.95. The maximum absolute atomic E-state index is 14.0. The average molecular weight is 353 g/mol. The van der Waals surface area contributed by atoms with Crippen LogP contribution in [0.15, 0.2) is 48.9 Å². The van der Waals surface area contributed by atoms with Gasteiger partial charge in [0.2, 0.25) is 0 Å². The highest BCUT2D eigenvalue weighted by Gasteiger charge is 2.23. The number of nitrogens with zero attached hydrogens (tertiary/aromatic N) is 7. The molecule has 2 aromatic heterocycles. The van der Waals surface area contributed by atoms with E-state index in [0.29, 0.717) is 31.9 Å². The van der Waals surface area contributed by atoms with Crippen LogP contribution >= 0.6 is 0 Å². The summed E-state index contributed by atoms with van der Waals surface area (Å²) in [6.45, 7) is 2.45. The molecule has 4 rings (SSSR count). The zero-order valence-electron chi connectivity index (χ0n) is 13.9. The van der Waals surface area contributed by atoms with Gasteiger partial charge in [0.25, 0.3) is 5.91 Å². The van der Waals surface area contributed by atoms with Gasteiger partial charge in [0.15, 0.2) is 0 Å². The number of tetrazole rings is 1. The Morgan fingerprint density at radius 3 is 2.62 bits per heavy atom. The molecule has 3 heterocycles. The quantitative estimate of drug-likeness (QED) is 0.703. The largest absolute Gasteiger partial charge is 0.353 e. The Labute approximate surface area is 148 Å². The summed E-state index contributed by atoms with van der Waals surface area (Å²) >= 11 is 0. The number of piperazine rings is 1. The normalized spacial score (nSPS) is 14.5. The molecule has 0 atom stereocenters. The van der Waals surface area contributed by atoms with E-state index in [0.717, 1.165) is 5.82 Å². The summed E-state index contributed by atoms with van der Waals surface area (Å²) in [6, 6.07) is 9.87. The fourth-order valence-corrected chi connectivity index (χ4v) is 2.97. The average Bonchev–Trinajstić information content (AvgIpc) is 3.23. The van der Waals surface area contributed by atoms with Crippen molar-refractivity contribution in [3.63, 3.8) is 0 Å². The molecule has 1 fully saturated rings. The van der Waals surface area contributed by atoms with Crippen LogP contribution < -0.4 is 4.90 Å². The number of pyridine rings is 1. The van der Waals surface area contributed by atoms with E-state index in [1.54, 1.807) is 17.2 Å². The lowest BCUT2D eigenvalue weighted by molar-refractivity contribution is 0.0746. The molecule has 8 nitrogen and oxygen atoms in total. The minimum Gasteiger partial charge on any atom is -0.353 e. The number of rotatable bonds is 3. The molecule has 0 spiro atoms. The van der Waals surface area contributed by atoms with Gasteiger partial charge in [-0.05, 0) is 40.8 Å². The molecule has 1 aliphatic rings. The SMILES string of the molecule is O=C(c1cc(F)cc(-n2cnnn2)c1)N1CCN(c2ccccn2)CC1. The third-order valence-corrected chi connectivity index (χ3v) is 4.28. The van der Waals surface area contributed by atoms with Crippen LogP contribution in [0.3, 0.4) is 0 Å². The first-order valence-electron chi connectivity index (χ1n) is 8.20. The van der Waals surface area contributed by atoms with Crippen molar-refractivity contribution >= 4 is 11.7 Å². The lowest BCUT2D eigenvalue weighted by atomic mass is 10.1.